The maximum absolute atomic E-state index is 12.2. The molecule has 0 bridgehead atoms. The number of nitrogen functional groups attached to an aromatic ring is 1. The Morgan fingerprint density at radius 1 is 1.55 bits per heavy atom. The van der Waals surface area contributed by atoms with Gasteiger partial charge in [-0.3, -0.25) is 4.79 Å². The first-order valence-electron chi connectivity index (χ1n) is 6.91. The second kappa shape index (κ2) is 5.87. The minimum atomic E-state index is 0.0150. The van der Waals surface area contributed by atoms with E-state index < -0.39 is 0 Å². The predicted octanol–water partition coefficient (Wildman–Crippen LogP) is 3.70. The Hall–Kier alpha value is -1.49. The van der Waals surface area contributed by atoms with Crippen LogP contribution in [0.15, 0.2) is 12.2 Å². The fourth-order valence-corrected chi connectivity index (χ4v) is 2.91. The van der Waals surface area contributed by atoms with E-state index in [2.05, 4.69) is 11.9 Å². The van der Waals surface area contributed by atoms with Gasteiger partial charge in [0.1, 0.15) is 5.00 Å². The van der Waals surface area contributed by atoms with E-state index in [9.17, 15) is 4.79 Å². The highest BCUT2D eigenvalue weighted by Crippen LogP contribution is 2.46. The van der Waals surface area contributed by atoms with Crippen molar-refractivity contribution in [2.75, 3.05) is 17.6 Å². The van der Waals surface area contributed by atoms with Crippen LogP contribution >= 0.6 is 11.3 Å². The molecule has 2 rings (SSSR count). The molecule has 1 aliphatic carbocycles. The molecule has 0 saturated heterocycles. The standard InChI is InChI=1S/C15H22N2O2S/c1-8(2)7-17-15-13(19-9(3)4)11(16)14(20-15)12(18)10-5-6-10/h9-10,17H,1,5-7,16H2,2-4H3. The van der Waals surface area contributed by atoms with Gasteiger partial charge in [0.25, 0.3) is 0 Å². The van der Waals surface area contributed by atoms with Gasteiger partial charge in [-0.1, -0.05) is 12.2 Å². The number of ketones is 1. The van der Waals surface area contributed by atoms with Gasteiger partial charge in [-0.15, -0.1) is 11.3 Å². The summed E-state index contributed by atoms with van der Waals surface area (Å²) in [6.45, 7) is 10.4. The summed E-state index contributed by atoms with van der Waals surface area (Å²) >= 11 is 1.39. The van der Waals surface area contributed by atoms with Crippen LogP contribution in [0.4, 0.5) is 10.7 Å². The van der Waals surface area contributed by atoms with Gasteiger partial charge in [0, 0.05) is 12.5 Å². The summed E-state index contributed by atoms with van der Waals surface area (Å²) in [7, 11) is 0. The van der Waals surface area contributed by atoms with Crippen LogP contribution in [0.2, 0.25) is 0 Å². The number of hydrogen-bond acceptors (Lipinski definition) is 5. The van der Waals surface area contributed by atoms with E-state index in [1.165, 1.54) is 11.3 Å². The van der Waals surface area contributed by atoms with Crippen molar-refractivity contribution in [3.8, 4) is 5.75 Å². The van der Waals surface area contributed by atoms with Gasteiger partial charge in [0.2, 0.25) is 0 Å². The van der Waals surface area contributed by atoms with Crippen LogP contribution in [0.25, 0.3) is 0 Å². The number of thiophene rings is 1. The Labute approximate surface area is 124 Å². The topological polar surface area (TPSA) is 64.4 Å². The van der Waals surface area contributed by atoms with Crippen molar-refractivity contribution >= 4 is 27.8 Å². The predicted molar refractivity (Wildman–Crippen MR) is 84.9 cm³/mol. The van der Waals surface area contributed by atoms with Gasteiger partial charge in [0.15, 0.2) is 11.5 Å². The molecule has 1 aromatic rings. The number of nitrogens with one attached hydrogen (secondary N) is 1. The van der Waals surface area contributed by atoms with Crippen LogP contribution in [0, 0.1) is 5.92 Å². The zero-order valence-corrected chi connectivity index (χ0v) is 13.1. The fourth-order valence-electron chi connectivity index (χ4n) is 1.84. The van der Waals surface area contributed by atoms with E-state index in [4.69, 9.17) is 10.5 Å². The third kappa shape index (κ3) is 3.33. The number of rotatable bonds is 7. The summed E-state index contributed by atoms with van der Waals surface area (Å²) in [4.78, 5) is 12.9. The second-order valence-corrected chi connectivity index (χ2v) is 6.64. The molecule has 0 unspecified atom stereocenters. The third-order valence-corrected chi connectivity index (χ3v) is 4.13. The van der Waals surface area contributed by atoms with Crippen molar-refractivity contribution in [3.05, 3.63) is 17.0 Å². The molecule has 110 valence electrons. The van der Waals surface area contributed by atoms with E-state index in [0.717, 1.165) is 23.4 Å². The van der Waals surface area contributed by atoms with Crippen LogP contribution in [0.5, 0.6) is 5.75 Å². The van der Waals surface area contributed by atoms with Crippen LogP contribution in [-0.2, 0) is 0 Å². The van der Waals surface area contributed by atoms with E-state index in [1.807, 2.05) is 20.8 Å². The molecular weight excluding hydrogens is 272 g/mol. The van der Waals surface area contributed by atoms with Crippen molar-refractivity contribution in [2.45, 2.75) is 39.7 Å². The first kappa shape index (κ1) is 14.9. The fraction of sp³-hybridized carbons (Fsp3) is 0.533. The highest BCUT2D eigenvalue weighted by Gasteiger charge is 2.34. The Kier molecular flexibility index (Phi) is 4.38. The normalized spacial score (nSPS) is 14.4. The molecule has 0 aromatic carbocycles. The number of nitrogens with two attached hydrogens (primary N) is 1. The molecule has 1 fully saturated rings. The SMILES string of the molecule is C=C(C)CNc1sc(C(=O)C2CC2)c(N)c1OC(C)C. The molecule has 1 heterocycles. The molecular formula is C15H22N2O2S. The molecule has 5 heteroatoms. The monoisotopic (exact) mass is 294 g/mol. The lowest BCUT2D eigenvalue weighted by molar-refractivity contribution is 0.0972. The molecule has 1 aromatic heterocycles. The molecule has 3 N–H and O–H groups in total. The lowest BCUT2D eigenvalue weighted by atomic mass is 10.2. The number of carbonyl (C=O) groups is 1. The Bertz CT molecular complexity index is 530. The number of Topliss-reactive ketones (excluding diaryl/α,β-unsaturated/α-hetero) is 1. The maximum atomic E-state index is 12.2. The molecule has 0 atom stereocenters. The average Bonchev–Trinajstić information content (AvgIpc) is 3.15. The summed E-state index contributed by atoms with van der Waals surface area (Å²) in [5.74, 6) is 0.927. The van der Waals surface area contributed by atoms with Crippen molar-refractivity contribution in [3.63, 3.8) is 0 Å². The molecule has 0 radical (unpaired) electrons. The number of carbonyl (C=O) groups excluding carboxylic acids is 1. The van der Waals surface area contributed by atoms with Gasteiger partial charge < -0.3 is 15.8 Å². The van der Waals surface area contributed by atoms with E-state index in [-0.39, 0.29) is 17.8 Å². The van der Waals surface area contributed by atoms with Crippen LogP contribution in [-0.4, -0.2) is 18.4 Å². The van der Waals surface area contributed by atoms with Crippen molar-refractivity contribution < 1.29 is 9.53 Å². The zero-order chi connectivity index (χ0) is 14.9. The second-order valence-electron chi connectivity index (χ2n) is 5.62. The first-order valence-corrected chi connectivity index (χ1v) is 7.73. The lowest BCUT2D eigenvalue weighted by Gasteiger charge is -2.12. The van der Waals surface area contributed by atoms with E-state index >= 15 is 0 Å². The molecule has 1 aliphatic rings. The van der Waals surface area contributed by atoms with Gasteiger partial charge in [-0.05, 0) is 33.6 Å². The quantitative estimate of drug-likeness (QED) is 0.594. The number of anilines is 2. The molecule has 20 heavy (non-hydrogen) atoms. The van der Waals surface area contributed by atoms with Crippen molar-refractivity contribution in [1.82, 2.24) is 0 Å². The van der Waals surface area contributed by atoms with Crippen molar-refractivity contribution in [2.24, 2.45) is 5.92 Å². The summed E-state index contributed by atoms with van der Waals surface area (Å²) < 4.78 is 5.78. The van der Waals surface area contributed by atoms with Gasteiger partial charge in [-0.2, -0.15) is 0 Å². The van der Waals surface area contributed by atoms with Crippen LogP contribution in [0.1, 0.15) is 43.3 Å². The van der Waals surface area contributed by atoms with Gasteiger partial charge in [-0.25, -0.2) is 0 Å². The molecule has 0 amide bonds. The summed E-state index contributed by atoms with van der Waals surface area (Å²) in [6, 6.07) is 0. The first-order chi connectivity index (χ1) is 9.40. The number of hydrogen-bond donors (Lipinski definition) is 2. The minimum absolute atomic E-state index is 0.0150. The van der Waals surface area contributed by atoms with E-state index in [1.54, 1.807) is 0 Å². The van der Waals surface area contributed by atoms with E-state index in [0.29, 0.717) is 22.9 Å². The highest BCUT2D eigenvalue weighted by atomic mass is 32.1. The molecule has 1 saturated carbocycles. The Morgan fingerprint density at radius 2 is 2.20 bits per heavy atom. The molecule has 4 nitrogen and oxygen atoms in total. The maximum Gasteiger partial charge on any atom is 0.178 e. The zero-order valence-electron chi connectivity index (χ0n) is 12.3. The molecule has 0 aliphatic heterocycles. The molecule has 0 spiro atoms. The summed E-state index contributed by atoms with van der Waals surface area (Å²) in [5, 5.41) is 4.08. The highest BCUT2D eigenvalue weighted by molar-refractivity contribution is 7.19. The lowest BCUT2D eigenvalue weighted by Crippen LogP contribution is -2.10. The van der Waals surface area contributed by atoms with Gasteiger partial charge >= 0.3 is 0 Å². The minimum Gasteiger partial charge on any atom is -0.486 e. The van der Waals surface area contributed by atoms with Crippen LogP contribution in [0.3, 0.4) is 0 Å². The third-order valence-electron chi connectivity index (χ3n) is 2.98. The number of ether oxygens (including phenoxy) is 1. The average molecular weight is 294 g/mol. The van der Waals surface area contributed by atoms with Gasteiger partial charge in [0.05, 0.1) is 16.7 Å². The summed E-state index contributed by atoms with van der Waals surface area (Å²) in [6.07, 6.45) is 1.97. The largest absolute Gasteiger partial charge is 0.486 e. The summed E-state index contributed by atoms with van der Waals surface area (Å²) in [5.41, 5.74) is 7.62. The Balaban J connectivity index is 2.29. The Morgan fingerprint density at radius 3 is 2.70 bits per heavy atom. The smallest absolute Gasteiger partial charge is 0.178 e. The van der Waals surface area contributed by atoms with Crippen molar-refractivity contribution in [1.29, 1.82) is 0 Å². The van der Waals surface area contributed by atoms with Crippen LogP contribution < -0.4 is 15.8 Å².